The Morgan fingerprint density at radius 1 is 0.560 bits per heavy atom. The SMILES string of the molecule is C[Si](C)(C)C(c1cccc(C([Si](C)(C)C)[Si](C)(C)C)c1N)[Si](C)(C)C. The van der Waals surface area contributed by atoms with Crippen molar-refractivity contribution in [1.29, 1.82) is 0 Å². The summed E-state index contributed by atoms with van der Waals surface area (Å²) in [5.41, 5.74) is 11.1. The Hall–Kier alpha value is -0.112. The van der Waals surface area contributed by atoms with E-state index in [0.29, 0.717) is 10.3 Å². The fraction of sp³-hybridized carbons (Fsp3) is 0.700. The van der Waals surface area contributed by atoms with E-state index in [-0.39, 0.29) is 0 Å². The standard InChI is InChI=1S/C20H43NSi4/c1-22(2,3)19(23(4,5)6)16-14-13-15-17(18(16)21)20(24(7,8)9)25(10,11)12/h13-15,19-20H,21H2,1-12H3. The van der Waals surface area contributed by atoms with Gasteiger partial charge in [0.1, 0.15) is 0 Å². The van der Waals surface area contributed by atoms with Crippen LogP contribution in [0.4, 0.5) is 5.69 Å². The summed E-state index contributed by atoms with van der Waals surface area (Å²) in [6, 6.07) is 7.01. The van der Waals surface area contributed by atoms with E-state index in [1.165, 1.54) is 11.1 Å². The van der Waals surface area contributed by atoms with E-state index in [4.69, 9.17) is 5.73 Å². The van der Waals surface area contributed by atoms with Gasteiger partial charge in [-0.25, -0.2) is 0 Å². The number of nitrogen functional groups attached to an aromatic ring is 1. The molecule has 0 fully saturated rings. The normalized spacial score (nSPS) is 14.5. The van der Waals surface area contributed by atoms with Crippen LogP contribution in [0.1, 0.15) is 21.5 Å². The molecule has 0 saturated heterocycles. The van der Waals surface area contributed by atoms with Crippen LogP contribution in [0.5, 0.6) is 0 Å². The molecule has 0 bridgehead atoms. The van der Waals surface area contributed by atoms with Crippen molar-refractivity contribution in [2.45, 2.75) is 88.9 Å². The van der Waals surface area contributed by atoms with Gasteiger partial charge < -0.3 is 5.73 Å². The van der Waals surface area contributed by atoms with Gasteiger partial charge in [0, 0.05) is 38.0 Å². The molecule has 0 atom stereocenters. The molecular weight excluding hydrogens is 367 g/mol. The van der Waals surface area contributed by atoms with E-state index in [0.717, 1.165) is 5.69 Å². The molecule has 0 aliphatic rings. The Bertz CT molecular complexity index is 520. The molecule has 1 rings (SSSR count). The molecule has 1 nitrogen and oxygen atoms in total. The Labute approximate surface area is 161 Å². The summed E-state index contributed by atoms with van der Waals surface area (Å²) in [6.45, 7) is 30.3. The van der Waals surface area contributed by atoms with Gasteiger partial charge in [0.25, 0.3) is 0 Å². The van der Waals surface area contributed by atoms with Crippen LogP contribution in [0.25, 0.3) is 0 Å². The van der Waals surface area contributed by atoms with E-state index in [1.807, 2.05) is 0 Å². The molecule has 1 aromatic carbocycles. The van der Waals surface area contributed by atoms with E-state index in [2.05, 4.69) is 96.8 Å². The van der Waals surface area contributed by atoms with Gasteiger partial charge in [-0.05, 0) is 21.5 Å². The molecule has 0 spiro atoms. The summed E-state index contributed by atoms with van der Waals surface area (Å²) in [4.78, 5) is 0. The van der Waals surface area contributed by atoms with Crippen LogP contribution in [0, 0.1) is 0 Å². The third-order valence-corrected chi connectivity index (χ3v) is 23.8. The number of nitrogens with two attached hydrogens (primary N) is 1. The molecule has 0 radical (unpaired) electrons. The molecule has 0 heterocycles. The van der Waals surface area contributed by atoms with Crippen LogP contribution in [0.3, 0.4) is 0 Å². The largest absolute Gasteiger partial charge is 0.398 e. The first-order valence-corrected chi connectivity index (χ1v) is 24.1. The summed E-state index contributed by atoms with van der Waals surface area (Å²) < 4.78 is 0. The van der Waals surface area contributed by atoms with E-state index < -0.39 is 32.3 Å². The minimum absolute atomic E-state index is 0.712. The fourth-order valence-electron chi connectivity index (χ4n) is 5.57. The van der Waals surface area contributed by atoms with Gasteiger partial charge in [-0.2, -0.15) is 0 Å². The van der Waals surface area contributed by atoms with E-state index in [1.54, 1.807) is 0 Å². The third-order valence-electron chi connectivity index (χ3n) is 5.26. The second-order valence-corrected chi connectivity index (χ2v) is 34.6. The lowest BCUT2D eigenvalue weighted by Crippen LogP contribution is -2.48. The smallest absolute Gasteiger partial charge is 0.0494 e. The number of anilines is 1. The Balaban J connectivity index is 3.69. The zero-order valence-corrected chi connectivity index (χ0v) is 23.0. The van der Waals surface area contributed by atoms with E-state index in [9.17, 15) is 0 Å². The maximum Gasteiger partial charge on any atom is 0.0494 e. The van der Waals surface area contributed by atoms with Crippen LogP contribution >= 0.6 is 0 Å². The lowest BCUT2D eigenvalue weighted by atomic mass is 10.1. The van der Waals surface area contributed by atoms with Gasteiger partial charge >= 0.3 is 0 Å². The Morgan fingerprint density at radius 3 is 1.00 bits per heavy atom. The van der Waals surface area contributed by atoms with Crippen LogP contribution in [0.15, 0.2) is 18.2 Å². The van der Waals surface area contributed by atoms with Crippen LogP contribution < -0.4 is 5.73 Å². The van der Waals surface area contributed by atoms with Gasteiger partial charge in [-0.3, -0.25) is 0 Å². The predicted octanol–water partition coefficient (Wildman–Crippen LogP) is 6.95. The molecule has 0 unspecified atom stereocenters. The zero-order chi connectivity index (χ0) is 20.0. The van der Waals surface area contributed by atoms with Crippen molar-refractivity contribution in [1.82, 2.24) is 0 Å². The summed E-state index contributed by atoms with van der Waals surface area (Å²) in [5, 5.41) is 1.42. The average molecular weight is 410 g/mol. The predicted molar refractivity (Wildman–Crippen MR) is 130 cm³/mol. The van der Waals surface area contributed by atoms with Crippen LogP contribution in [-0.4, -0.2) is 32.3 Å². The number of hydrogen-bond donors (Lipinski definition) is 1. The highest BCUT2D eigenvalue weighted by atomic mass is 28.4. The third kappa shape index (κ3) is 5.43. The molecule has 25 heavy (non-hydrogen) atoms. The molecule has 144 valence electrons. The van der Waals surface area contributed by atoms with Gasteiger partial charge in [-0.1, -0.05) is 96.8 Å². The molecule has 0 aliphatic heterocycles. The summed E-state index contributed by atoms with van der Waals surface area (Å²) in [6.07, 6.45) is 0. The minimum atomic E-state index is -1.34. The minimum Gasteiger partial charge on any atom is -0.398 e. The Morgan fingerprint density at radius 2 is 0.800 bits per heavy atom. The van der Waals surface area contributed by atoms with Gasteiger partial charge in [0.2, 0.25) is 0 Å². The molecule has 0 saturated carbocycles. The quantitative estimate of drug-likeness (QED) is 0.399. The summed E-state index contributed by atoms with van der Waals surface area (Å²) >= 11 is 0. The van der Waals surface area contributed by atoms with Crippen molar-refractivity contribution < 1.29 is 0 Å². The number of benzene rings is 1. The van der Waals surface area contributed by atoms with Crippen LogP contribution in [-0.2, 0) is 0 Å². The topological polar surface area (TPSA) is 26.0 Å². The van der Waals surface area contributed by atoms with Crippen molar-refractivity contribution in [2.24, 2.45) is 0 Å². The lowest BCUT2D eigenvalue weighted by molar-refractivity contribution is 1.13. The number of rotatable bonds is 6. The Kier molecular flexibility index (Phi) is 6.54. The zero-order valence-electron chi connectivity index (χ0n) is 19.0. The second-order valence-electron chi connectivity index (χ2n) is 12.2. The monoisotopic (exact) mass is 409 g/mol. The molecule has 0 aliphatic carbocycles. The molecule has 0 aromatic heterocycles. The number of para-hydroxylation sites is 1. The van der Waals surface area contributed by atoms with Crippen molar-refractivity contribution in [2.75, 3.05) is 5.73 Å². The van der Waals surface area contributed by atoms with Crippen molar-refractivity contribution in [3.8, 4) is 0 Å². The van der Waals surface area contributed by atoms with E-state index >= 15 is 0 Å². The van der Waals surface area contributed by atoms with Crippen molar-refractivity contribution in [3.63, 3.8) is 0 Å². The lowest BCUT2D eigenvalue weighted by Gasteiger charge is -2.42. The average Bonchev–Trinajstić information content (AvgIpc) is 2.26. The highest BCUT2D eigenvalue weighted by molar-refractivity contribution is 6.97. The first-order valence-electron chi connectivity index (χ1n) is 9.76. The second kappa shape index (κ2) is 7.13. The van der Waals surface area contributed by atoms with Gasteiger partial charge in [0.15, 0.2) is 0 Å². The molecular formula is C20H43NSi4. The molecule has 1 aromatic rings. The highest BCUT2D eigenvalue weighted by Gasteiger charge is 2.43. The maximum atomic E-state index is 6.96. The number of hydrogen-bond acceptors (Lipinski definition) is 1. The summed E-state index contributed by atoms with van der Waals surface area (Å²) in [7, 11) is -5.36. The van der Waals surface area contributed by atoms with Gasteiger partial charge in [0.05, 0.1) is 0 Å². The first kappa shape index (κ1) is 22.9. The first-order chi connectivity index (χ1) is 10.9. The maximum absolute atomic E-state index is 6.96. The van der Waals surface area contributed by atoms with Gasteiger partial charge in [-0.15, -0.1) is 0 Å². The fourth-order valence-corrected chi connectivity index (χ4v) is 31.1. The molecule has 2 N–H and O–H groups in total. The van der Waals surface area contributed by atoms with Crippen molar-refractivity contribution in [3.05, 3.63) is 29.3 Å². The summed E-state index contributed by atoms with van der Waals surface area (Å²) in [5.74, 6) is 0. The molecule has 5 heteroatoms. The highest BCUT2D eigenvalue weighted by Crippen LogP contribution is 2.44. The van der Waals surface area contributed by atoms with Crippen molar-refractivity contribution >= 4 is 38.0 Å². The molecule has 0 amide bonds. The van der Waals surface area contributed by atoms with Crippen LogP contribution in [0.2, 0.25) is 78.6 Å².